The van der Waals surface area contributed by atoms with Gasteiger partial charge in [-0.15, -0.1) is 11.3 Å². The van der Waals surface area contributed by atoms with E-state index in [9.17, 15) is 4.79 Å². The van der Waals surface area contributed by atoms with Crippen LogP contribution in [0.1, 0.15) is 18.5 Å². The number of methoxy groups -OCH3 is 1. The van der Waals surface area contributed by atoms with Gasteiger partial charge in [0, 0.05) is 32.7 Å². The Morgan fingerprint density at radius 2 is 1.97 bits per heavy atom. The number of carbonyl (C=O) groups excluding carboxylic acids is 1. The van der Waals surface area contributed by atoms with Gasteiger partial charge in [0.2, 0.25) is 5.91 Å². The molecule has 4 rings (SSSR count). The molecule has 1 N–H and O–H groups in total. The van der Waals surface area contributed by atoms with Crippen LogP contribution in [0.4, 0.5) is 0 Å². The van der Waals surface area contributed by atoms with Gasteiger partial charge in [-0.05, 0) is 54.7 Å². The normalized spacial score (nSPS) is 15.7. The first-order chi connectivity index (χ1) is 15.1. The molecule has 0 spiro atoms. The summed E-state index contributed by atoms with van der Waals surface area (Å²) in [7, 11) is 1.68. The minimum absolute atomic E-state index is 0.0881. The predicted octanol–water partition coefficient (Wildman–Crippen LogP) is 3.63. The lowest BCUT2D eigenvalue weighted by molar-refractivity contribution is -0.136. The van der Waals surface area contributed by atoms with Gasteiger partial charge in [-0.3, -0.25) is 19.4 Å². The van der Waals surface area contributed by atoms with Crippen molar-refractivity contribution in [1.29, 1.82) is 0 Å². The van der Waals surface area contributed by atoms with E-state index in [1.54, 1.807) is 18.4 Å². The van der Waals surface area contributed by atoms with Crippen LogP contribution in [-0.2, 0) is 11.2 Å². The molecule has 0 bridgehead atoms. The standard InChI is InChI=1S/C22H27N5O2S2/c1-16(27-20(23-24-22(27)30)19-4-3-15-31-19)21(28)26-13-11-25(12-14-26)10-9-17-5-7-18(29-2)8-6-17/h3-8,15-16H,9-14H2,1-2H3,(H,24,30). The summed E-state index contributed by atoms with van der Waals surface area (Å²) < 4.78 is 7.53. The van der Waals surface area contributed by atoms with E-state index in [2.05, 4.69) is 27.2 Å². The summed E-state index contributed by atoms with van der Waals surface area (Å²) in [5.74, 6) is 1.69. The molecule has 31 heavy (non-hydrogen) atoms. The number of hydrogen-bond acceptors (Lipinski definition) is 6. The average Bonchev–Trinajstić information content (AvgIpc) is 3.47. The van der Waals surface area contributed by atoms with E-state index in [0.717, 1.165) is 55.6 Å². The predicted molar refractivity (Wildman–Crippen MR) is 125 cm³/mol. The number of nitrogens with one attached hydrogen (secondary N) is 1. The Hall–Kier alpha value is -2.49. The summed E-state index contributed by atoms with van der Waals surface area (Å²) in [4.78, 5) is 18.6. The van der Waals surface area contributed by atoms with Crippen molar-refractivity contribution >= 4 is 29.5 Å². The molecule has 3 heterocycles. The van der Waals surface area contributed by atoms with E-state index in [4.69, 9.17) is 17.0 Å². The number of amides is 1. The highest BCUT2D eigenvalue weighted by atomic mass is 32.1. The smallest absolute Gasteiger partial charge is 0.245 e. The number of thiophene rings is 1. The summed E-state index contributed by atoms with van der Waals surface area (Å²) in [6.07, 6.45) is 0.989. The molecule has 1 unspecified atom stereocenters. The maximum atomic E-state index is 13.2. The molecule has 2 aromatic heterocycles. The van der Waals surface area contributed by atoms with Gasteiger partial charge < -0.3 is 9.64 Å². The molecule has 0 saturated carbocycles. The van der Waals surface area contributed by atoms with Gasteiger partial charge in [-0.1, -0.05) is 18.2 Å². The maximum absolute atomic E-state index is 13.2. The van der Waals surface area contributed by atoms with Crippen molar-refractivity contribution in [3.8, 4) is 16.5 Å². The van der Waals surface area contributed by atoms with Crippen molar-refractivity contribution in [2.45, 2.75) is 19.4 Å². The van der Waals surface area contributed by atoms with Crippen molar-refractivity contribution in [3.63, 3.8) is 0 Å². The number of hydrogen-bond donors (Lipinski definition) is 1. The zero-order valence-electron chi connectivity index (χ0n) is 17.8. The van der Waals surface area contributed by atoms with Crippen LogP contribution in [0, 0.1) is 4.77 Å². The minimum atomic E-state index is -0.394. The maximum Gasteiger partial charge on any atom is 0.245 e. The van der Waals surface area contributed by atoms with Crippen LogP contribution in [0.5, 0.6) is 5.75 Å². The molecule has 1 atom stereocenters. The topological polar surface area (TPSA) is 66.4 Å². The van der Waals surface area contributed by atoms with Gasteiger partial charge in [0.25, 0.3) is 0 Å². The molecule has 1 fully saturated rings. The van der Waals surface area contributed by atoms with Crippen molar-refractivity contribution < 1.29 is 9.53 Å². The van der Waals surface area contributed by atoms with E-state index in [-0.39, 0.29) is 5.91 Å². The first-order valence-electron chi connectivity index (χ1n) is 10.4. The van der Waals surface area contributed by atoms with Gasteiger partial charge in [0.1, 0.15) is 11.8 Å². The van der Waals surface area contributed by atoms with Crippen LogP contribution in [-0.4, -0.2) is 70.3 Å². The zero-order chi connectivity index (χ0) is 21.8. The average molecular weight is 458 g/mol. The third-order valence-electron chi connectivity index (χ3n) is 5.75. The monoisotopic (exact) mass is 457 g/mol. The summed E-state index contributed by atoms with van der Waals surface area (Å²) >= 11 is 7.01. The van der Waals surface area contributed by atoms with Crippen LogP contribution in [0.25, 0.3) is 10.7 Å². The lowest BCUT2D eigenvalue weighted by atomic mass is 10.1. The summed E-state index contributed by atoms with van der Waals surface area (Å²) in [6, 6.07) is 11.8. The Morgan fingerprint density at radius 3 is 2.61 bits per heavy atom. The van der Waals surface area contributed by atoms with E-state index < -0.39 is 6.04 Å². The lowest BCUT2D eigenvalue weighted by Crippen LogP contribution is -2.50. The first kappa shape index (κ1) is 21.7. The summed E-state index contributed by atoms with van der Waals surface area (Å²) in [5.41, 5.74) is 1.29. The highest BCUT2D eigenvalue weighted by Gasteiger charge is 2.28. The number of aromatic nitrogens is 3. The second kappa shape index (κ2) is 9.76. The number of aromatic amines is 1. The fourth-order valence-corrected chi connectivity index (χ4v) is 4.89. The van der Waals surface area contributed by atoms with Crippen molar-refractivity contribution in [2.24, 2.45) is 0 Å². The zero-order valence-corrected chi connectivity index (χ0v) is 19.4. The highest BCUT2D eigenvalue weighted by molar-refractivity contribution is 7.71. The molecule has 3 aromatic rings. The number of carbonyl (C=O) groups is 1. The molecule has 0 radical (unpaired) electrons. The largest absolute Gasteiger partial charge is 0.497 e. The Bertz CT molecular complexity index is 1050. The molecule has 164 valence electrons. The molecule has 7 nitrogen and oxygen atoms in total. The molecule has 1 aliphatic rings. The Balaban J connectivity index is 1.33. The van der Waals surface area contributed by atoms with Gasteiger partial charge in [0.05, 0.1) is 12.0 Å². The molecule has 0 aliphatic carbocycles. The quantitative estimate of drug-likeness (QED) is 0.549. The van der Waals surface area contributed by atoms with Crippen LogP contribution >= 0.6 is 23.6 Å². The fourth-order valence-electron chi connectivity index (χ4n) is 3.89. The number of piperazine rings is 1. The van der Waals surface area contributed by atoms with Crippen molar-refractivity contribution in [1.82, 2.24) is 24.6 Å². The van der Waals surface area contributed by atoms with E-state index in [1.807, 2.05) is 46.0 Å². The molecular formula is C22H27N5O2S2. The van der Waals surface area contributed by atoms with Crippen LogP contribution < -0.4 is 4.74 Å². The van der Waals surface area contributed by atoms with E-state index in [1.165, 1.54) is 5.56 Å². The summed E-state index contributed by atoms with van der Waals surface area (Å²) in [6.45, 7) is 6.10. The van der Waals surface area contributed by atoms with E-state index >= 15 is 0 Å². The van der Waals surface area contributed by atoms with Crippen LogP contribution in [0.3, 0.4) is 0 Å². The van der Waals surface area contributed by atoms with Crippen molar-refractivity contribution in [2.75, 3.05) is 39.8 Å². The SMILES string of the molecule is COc1ccc(CCN2CCN(C(=O)C(C)n3c(-c4cccs4)n[nH]c3=S)CC2)cc1. The summed E-state index contributed by atoms with van der Waals surface area (Å²) in [5, 5.41) is 9.19. The molecule has 1 amide bonds. The Morgan fingerprint density at radius 1 is 1.23 bits per heavy atom. The second-order valence-corrected chi connectivity index (χ2v) is 8.98. The molecule has 9 heteroatoms. The van der Waals surface area contributed by atoms with Crippen molar-refractivity contribution in [3.05, 3.63) is 52.1 Å². The highest BCUT2D eigenvalue weighted by Crippen LogP contribution is 2.26. The van der Waals surface area contributed by atoms with Gasteiger partial charge in [0.15, 0.2) is 10.6 Å². The molecule has 1 aliphatic heterocycles. The van der Waals surface area contributed by atoms with Gasteiger partial charge in [-0.2, -0.15) is 5.10 Å². The Labute approximate surface area is 191 Å². The third kappa shape index (κ3) is 4.89. The van der Waals surface area contributed by atoms with Gasteiger partial charge in [-0.25, -0.2) is 0 Å². The Kier molecular flexibility index (Phi) is 6.84. The number of nitrogens with zero attached hydrogens (tertiary/aromatic N) is 4. The van der Waals surface area contributed by atoms with Crippen LogP contribution in [0.2, 0.25) is 0 Å². The molecule has 1 saturated heterocycles. The third-order valence-corrected chi connectivity index (χ3v) is 6.90. The number of H-pyrrole nitrogens is 1. The fraction of sp³-hybridized carbons (Fsp3) is 0.409. The van der Waals surface area contributed by atoms with E-state index in [0.29, 0.717) is 4.77 Å². The van der Waals surface area contributed by atoms with Crippen LogP contribution in [0.15, 0.2) is 41.8 Å². The molecule has 1 aromatic carbocycles. The first-order valence-corrected chi connectivity index (χ1v) is 11.7. The number of ether oxygens (including phenoxy) is 1. The van der Waals surface area contributed by atoms with Gasteiger partial charge >= 0.3 is 0 Å². The minimum Gasteiger partial charge on any atom is -0.497 e. The lowest BCUT2D eigenvalue weighted by Gasteiger charge is -2.36. The number of rotatable bonds is 7. The number of benzene rings is 1. The molecular weight excluding hydrogens is 430 g/mol. The second-order valence-electron chi connectivity index (χ2n) is 7.64.